The largest absolute Gasteiger partial charge is 0.369 e. The SMILES string of the molecule is CC(C)C(N)CCN(C)C(=O)c1ccc(N2CCN(C(C)C)CC2)cc1. The Bertz CT molecular complexity index is 562. The summed E-state index contributed by atoms with van der Waals surface area (Å²) in [7, 11) is 1.86. The van der Waals surface area contributed by atoms with Gasteiger partial charge in [0.05, 0.1) is 0 Å². The highest BCUT2D eigenvalue weighted by molar-refractivity contribution is 5.94. The summed E-state index contributed by atoms with van der Waals surface area (Å²) in [5, 5.41) is 0. The fourth-order valence-electron chi connectivity index (χ4n) is 3.31. The number of rotatable bonds is 7. The zero-order valence-electron chi connectivity index (χ0n) is 17.1. The molecule has 1 amide bonds. The first kappa shape index (κ1) is 20.7. The summed E-state index contributed by atoms with van der Waals surface area (Å²) in [5.41, 5.74) is 8.04. The Labute approximate surface area is 159 Å². The van der Waals surface area contributed by atoms with Crippen molar-refractivity contribution in [3.8, 4) is 0 Å². The van der Waals surface area contributed by atoms with Crippen LogP contribution in [0.5, 0.6) is 0 Å². The molecule has 1 atom stereocenters. The molecule has 1 heterocycles. The van der Waals surface area contributed by atoms with Crippen LogP contribution in [0.25, 0.3) is 0 Å². The first-order valence-corrected chi connectivity index (χ1v) is 9.89. The number of anilines is 1. The van der Waals surface area contributed by atoms with Crippen LogP contribution in [0.3, 0.4) is 0 Å². The van der Waals surface area contributed by atoms with Crippen molar-refractivity contribution in [2.24, 2.45) is 11.7 Å². The molecular formula is C21H36N4O. The van der Waals surface area contributed by atoms with E-state index in [0.29, 0.717) is 18.5 Å². The van der Waals surface area contributed by atoms with Crippen LogP contribution >= 0.6 is 0 Å². The minimum absolute atomic E-state index is 0.0668. The lowest BCUT2D eigenvalue weighted by atomic mass is 10.0. The molecule has 2 N–H and O–H groups in total. The number of nitrogens with two attached hydrogens (primary N) is 1. The van der Waals surface area contributed by atoms with E-state index < -0.39 is 0 Å². The van der Waals surface area contributed by atoms with Gasteiger partial charge in [0, 0.05) is 63.1 Å². The van der Waals surface area contributed by atoms with Crippen LogP contribution in [0, 0.1) is 5.92 Å². The van der Waals surface area contributed by atoms with E-state index in [0.717, 1.165) is 38.2 Å². The topological polar surface area (TPSA) is 52.8 Å². The first-order chi connectivity index (χ1) is 12.3. The van der Waals surface area contributed by atoms with Gasteiger partial charge in [0.15, 0.2) is 0 Å². The van der Waals surface area contributed by atoms with Gasteiger partial charge in [-0.15, -0.1) is 0 Å². The molecule has 0 saturated carbocycles. The number of carbonyl (C=O) groups excluding carboxylic acids is 1. The summed E-state index contributed by atoms with van der Waals surface area (Å²) in [5.74, 6) is 0.506. The molecule has 1 fully saturated rings. The highest BCUT2D eigenvalue weighted by atomic mass is 16.2. The number of hydrogen-bond donors (Lipinski definition) is 1. The van der Waals surface area contributed by atoms with Crippen molar-refractivity contribution >= 4 is 11.6 Å². The summed E-state index contributed by atoms with van der Waals surface area (Å²) in [6.45, 7) is 13.7. The van der Waals surface area contributed by atoms with Gasteiger partial charge in [-0.2, -0.15) is 0 Å². The lowest BCUT2D eigenvalue weighted by molar-refractivity contribution is 0.0789. The van der Waals surface area contributed by atoms with E-state index in [-0.39, 0.29) is 11.9 Å². The van der Waals surface area contributed by atoms with Crippen LogP contribution in [0.1, 0.15) is 44.5 Å². The van der Waals surface area contributed by atoms with Crippen molar-refractivity contribution in [3.63, 3.8) is 0 Å². The number of amides is 1. The van der Waals surface area contributed by atoms with Gasteiger partial charge in [-0.1, -0.05) is 13.8 Å². The van der Waals surface area contributed by atoms with E-state index in [9.17, 15) is 4.79 Å². The van der Waals surface area contributed by atoms with Gasteiger partial charge in [-0.3, -0.25) is 9.69 Å². The Kier molecular flexibility index (Phi) is 7.47. The summed E-state index contributed by atoms with van der Waals surface area (Å²) < 4.78 is 0. The Morgan fingerprint density at radius 3 is 2.15 bits per heavy atom. The van der Waals surface area contributed by atoms with Gasteiger partial charge in [0.2, 0.25) is 0 Å². The monoisotopic (exact) mass is 360 g/mol. The molecule has 0 spiro atoms. The third kappa shape index (κ3) is 5.45. The fourth-order valence-corrected chi connectivity index (χ4v) is 3.31. The van der Waals surface area contributed by atoms with E-state index in [1.165, 1.54) is 5.69 Å². The van der Waals surface area contributed by atoms with E-state index in [1.54, 1.807) is 4.90 Å². The van der Waals surface area contributed by atoms with Crippen molar-refractivity contribution in [2.75, 3.05) is 44.7 Å². The van der Waals surface area contributed by atoms with Crippen LogP contribution in [-0.4, -0.2) is 67.6 Å². The second kappa shape index (κ2) is 9.38. The van der Waals surface area contributed by atoms with E-state index >= 15 is 0 Å². The summed E-state index contributed by atoms with van der Waals surface area (Å²) >= 11 is 0. The second-order valence-electron chi connectivity index (χ2n) is 8.09. The molecule has 5 nitrogen and oxygen atoms in total. The lowest BCUT2D eigenvalue weighted by Gasteiger charge is -2.38. The summed E-state index contributed by atoms with van der Waals surface area (Å²) in [4.78, 5) is 19.3. The van der Waals surface area contributed by atoms with Gasteiger partial charge in [0.1, 0.15) is 0 Å². The molecule has 0 aromatic heterocycles. The molecular weight excluding hydrogens is 324 g/mol. The van der Waals surface area contributed by atoms with Crippen molar-refractivity contribution < 1.29 is 4.79 Å². The van der Waals surface area contributed by atoms with E-state index in [4.69, 9.17) is 5.73 Å². The molecule has 0 aliphatic carbocycles. The molecule has 1 unspecified atom stereocenters. The van der Waals surface area contributed by atoms with Crippen molar-refractivity contribution in [2.45, 2.75) is 46.2 Å². The Hall–Kier alpha value is -1.59. The van der Waals surface area contributed by atoms with Crippen LogP contribution in [0.4, 0.5) is 5.69 Å². The standard InChI is InChI=1S/C21H36N4O/c1-16(2)20(22)10-11-23(5)21(26)18-6-8-19(9-7-18)25-14-12-24(13-15-25)17(3)4/h6-9,16-17,20H,10-15,22H2,1-5H3. The Balaban J connectivity index is 1.89. The maximum absolute atomic E-state index is 12.6. The van der Waals surface area contributed by atoms with Gasteiger partial charge in [-0.05, 0) is 50.5 Å². The number of nitrogens with zero attached hydrogens (tertiary/aromatic N) is 3. The van der Waals surface area contributed by atoms with Crippen LogP contribution in [-0.2, 0) is 0 Å². The lowest BCUT2D eigenvalue weighted by Crippen LogP contribution is -2.48. The Morgan fingerprint density at radius 1 is 1.08 bits per heavy atom. The first-order valence-electron chi connectivity index (χ1n) is 9.89. The highest BCUT2D eigenvalue weighted by Gasteiger charge is 2.20. The molecule has 146 valence electrons. The molecule has 1 aliphatic rings. The molecule has 0 bridgehead atoms. The third-order valence-corrected chi connectivity index (χ3v) is 5.52. The summed E-state index contributed by atoms with van der Waals surface area (Å²) in [6.07, 6.45) is 0.831. The van der Waals surface area contributed by atoms with Crippen molar-refractivity contribution in [3.05, 3.63) is 29.8 Å². The molecule has 0 radical (unpaired) electrons. The maximum Gasteiger partial charge on any atom is 0.253 e. The highest BCUT2D eigenvalue weighted by Crippen LogP contribution is 2.19. The van der Waals surface area contributed by atoms with Gasteiger partial charge >= 0.3 is 0 Å². The smallest absolute Gasteiger partial charge is 0.253 e. The third-order valence-electron chi connectivity index (χ3n) is 5.52. The molecule has 5 heteroatoms. The Morgan fingerprint density at radius 2 is 1.65 bits per heavy atom. The minimum atomic E-state index is 0.0668. The normalized spacial score (nSPS) is 17.0. The molecule has 1 aromatic rings. The van der Waals surface area contributed by atoms with Crippen LogP contribution in [0.2, 0.25) is 0 Å². The predicted molar refractivity (Wildman–Crippen MR) is 110 cm³/mol. The number of benzene rings is 1. The van der Waals surface area contributed by atoms with E-state index in [2.05, 4.69) is 49.6 Å². The average molecular weight is 361 g/mol. The van der Waals surface area contributed by atoms with Gasteiger partial charge in [-0.25, -0.2) is 0 Å². The van der Waals surface area contributed by atoms with Crippen LogP contribution in [0.15, 0.2) is 24.3 Å². The average Bonchev–Trinajstić information content (AvgIpc) is 2.65. The van der Waals surface area contributed by atoms with Crippen LogP contribution < -0.4 is 10.6 Å². The molecule has 2 rings (SSSR count). The minimum Gasteiger partial charge on any atom is -0.369 e. The number of piperazine rings is 1. The molecule has 1 aromatic carbocycles. The molecule has 1 aliphatic heterocycles. The number of carbonyl (C=O) groups is 1. The van der Waals surface area contributed by atoms with Gasteiger partial charge in [0.25, 0.3) is 5.91 Å². The predicted octanol–water partition coefficient (Wildman–Crippen LogP) is 2.66. The second-order valence-corrected chi connectivity index (χ2v) is 8.09. The zero-order valence-corrected chi connectivity index (χ0v) is 17.1. The van der Waals surface area contributed by atoms with Crippen molar-refractivity contribution in [1.82, 2.24) is 9.80 Å². The number of hydrogen-bond acceptors (Lipinski definition) is 4. The van der Waals surface area contributed by atoms with E-state index in [1.807, 2.05) is 19.2 Å². The quantitative estimate of drug-likeness (QED) is 0.812. The van der Waals surface area contributed by atoms with Gasteiger partial charge < -0.3 is 15.5 Å². The molecule has 1 saturated heterocycles. The maximum atomic E-state index is 12.6. The fraction of sp³-hybridized carbons (Fsp3) is 0.667. The van der Waals surface area contributed by atoms with Crippen molar-refractivity contribution in [1.29, 1.82) is 0 Å². The summed E-state index contributed by atoms with van der Waals surface area (Å²) in [6, 6.07) is 8.79. The zero-order chi connectivity index (χ0) is 19.3. The molecule has 26 heavy (non-hydrogen) atoms.